The first kappa shape index (κ1) is 29.4. The summed E-state index contributed by atoms with van der Waals surface area (Å²) in [5, 5.41) is 10.5. The molecule has 10 heteroatoms. The molecule has 0 saturated carbocycles. The number of halogens is 2. The van der Waals surface area contributed by atoms with Gasteiger partial charge >= 0.3 is 5.97 Å². The highest BCUT2D eigenvalue weighted by Gasteiger charge is 2.48. The van der Waals surface area contributed by atoms with Gasteiger partial charge in [-0.3, -0.25) is 9.59 Å². The van der Waals surface area contributed by atoms with Gasteiger partial charge in [0.25, 0.3) is 5.91 Å². The lowest BCUT2D eigenvalue weighted by Crippen LogP contribution is -2.56. The molecule has 1 amide bonds. The van der Waals surface area contributed by atoms with Crippen LogP contribution in [0.5, 0.6) is 0 Å². The molecule has 202 valence electrons. The van der Waals surface area contributed by atoms with Gasteiger partial charge in [-0.15, -0.1) is 0 Å². The summed E-state index contributed by atoms with van der Waals surface area (Å²) < 4.78 is 32.6. The Hall–Kier alpha value is -2.13. The van der Waals surface area contributed by atoms with Crippen LogP contribution < -0.4 is 0 Å². The second kappa shape index (κ2) is 11.7. The van der Waals surface area contributed by atoms with E-state index in [0.717, 1.165) is 0 Å². The van der Waals surface area contributed by atoms with Crippen LogP contribution >= 0.6 is 23.2 Å². The summed E-state index contributed by atoms with van der Waals surface area (Å²) in [4.78, 5) is 27.0. The van der Waals surface area contributed by atoms with Gasteiger partial charge in [0, 0.05) is 16.1 Å². The molecule has 1 fully saturated rings. The van der Waals surface area contributed by atoms with E-state index in [0.29, 0.717) is 27.6 Å². The molecular weight excluding hydrogens is 537 g/mol. The summed E-state index contributed by atoms with van der Waals surface area (Å²) >= 11 is 12.4. The number of morpholine rings is 1. The van der Waals surface area contributed by atoms with E-state index >= 15 is 0 Å². The molecule has 2 aromatic carbocycles. The van der Waals surface area contributed by atoms with Crippen LogP contribution in [0.1, 0.15) is 63.8 Å². The van der Waals surface area contributed by atoms with Gasteiger partial charge < -0.3 is 14.7 Å². The van der Waals surface area contributed by atoms with Gasteiger partial charge in [0.15, 0.2) is 9.84 Å². The van der Waals surface area contributed by atoms with Crippen LogP contribution in [0.3, 0.4) is 0 Å². The van der Waals surface area contributed by atoms with Gasteiger partial charge in [-0.2, -0.15) is 0 Å². The van der Waals surface area contributed by atoms with Crippen molar-refractivity contribution in [2.45, 2.75) is 64.8 Å². The van der Waals surface area contributed by atoms with Gasteiger partial charge in [0.2, 0.25) is 0 Å². The zero-order valence-electron chi connectivity index (χ0n) is 21.4. The largest absolute Gasteiger partial charge is 0.481 e. The molecule has 0 radical (unpaired) electrons. The van der Waals surface area contributed by atoms with E-state index < -0.39 is 57.8 Å². The molecule has 1 aliphatic rings. The van der Waals surface area contributed by atoms with E-state index in [1.807, 2.05) is 27.7 Å². The normalized spacial score (nSPS) is 21.6. The van der Waals surface area contributed by atoms with Crippen molar-refractivity contribution in [3.8, 4) is 0 Å². The van der Waals surface area contributed by atoms with Crippen LogP contribution in [0.2, 0.25) is 10.0 Å². The molecule has 3 rings (SSSR count). The number of nitrogens with zero attached hydrogens (tertiary/aromatic N) is 1. The van der Waals surface area contributed by atoms with Gasteiger partial charge in [-0.25, -0.2) is 8.42 Å². The molecule has 1 saturated heterocycles. The number of rotatable bonds is 9. The summed E-state index contributed by atoms with van der Waals surface area (Å²) in [7, 11) is -3.56. The Morgan fingerprint density at radius 2 is 1.73 bits per heavy atom. The Kier molecular flexibility index (Phi) is 9.32. The van der Waals surface area contributed by atoms with Crippen molar-refractivity contribution in [3.63, 3.8) is 0 Å². The highest BCUT2D eigenvalue weighted by atomic mass is 35.5. The van der Waals surface area contributed by atoms with E-state index in [9.17, 15) is 23.1 Å². The average Bonchev–Trinajstić information content (AvgIpc) is 2.77. The second-order valence-corrected chi connectivity index (χ2v) is 13.6. The zero-order chi connectivity index (χ0) is 27.5. The quantitative estimate of drug-likeness (QED) is 0.414. The van der Waals surface area contributed by atoms with Crippen LogP contribution in [0.15, 0.2) is 48.5 Å². The third-order valence-electron chi connectivity index (χ3n) is 6.14. The summed E-state index contributed by atoms with van der Waals surface area (Å²) in [6, 6.07) is 12.4. The molecule has 7 nitrogen and oxygen atoms in total. The number of carboxylic acid groups (broad SMARTS) is 1. The fourth-order valence-corrected chi connectivity index (χ4v) is 7.55. The van der Waals surface area contributed by atoms with Crippen molar-refractivity contribution in [2.24, 2.45) is 5.41 Å². The van der Waals surface area contributed by atoms with Crippen LogP contribution in [0, 0.1) is 5.41 Å². The Morgan fingerprint density at radius 3 is 2.27 bits per heavy atom. The number of carbonyl (C=O) groups excluding carboxylic acids is 1. The van der Waals surface area contributed by atoms with Crippen LogP contribution in [-0.4, -0.2) is 54.0 Å². The van der Waals surface area contributed by atoms with E-state index in [1.54, 1.807) is 48.5 Å². The Labute approximate surface area is 228 Å². The standard InChI is InChI=1S/C27H33Cl2NO6S/c1-5-21(15-37(34,35)16-27(2,3)4)30-24(17-9-11-19(28)12-10-17)25(18-7-6-8-20(29)13-18)36-22(26(30)33)14-23(31)32/h6-13,21-22,24-25H,5,14-16H2,1-4H3,(H,31,32)/t21-,22-,24+,25+/m0/s1. The van der Waals surface area contributed by atoms with E-state index in [-0.39, 0.29) is 11.5 Å². The topological polar surface area (TPSA) is 101 Å². The van der Waals surface area contributed by atoms with Crippen molar-refractivity contribution in [1.29, 1.82) is 0 Å². The molecule has 0 unspecified atom stereocenters. The van der Waals surface area contributed by atoms with Crippen molar-refractivity contribution < 1.29 is 27.9 Å². The van der Waals surface area contributed by atoms with Crippen LogP contribution in [0.25, 0.3) is 0 Å². The maximum absolute atomic E-state index is 13.8. The monoisotopic (exact) mass is 569 g/mol. The smallest absolute Gasteiger partial charge is 0.306 e. The molecule has 0 bridgehead atoms. The fraction of sp³-hybridized carbons (Fsp3) is 0.481. The fourth-order valence-electron chi connectivity index (χ4n) is 4.81. The number of hydrogen-bond donors (Lipinski definition) is 1. The summed E-state index contributed by atoms with van der Waals surface area (Å²) in [5.74, 6) is -2.05. The molecule has 4 atom stereocenters. The number of benzene rings is 2. The average molecular weight is 571 g/mol. The summed E-state index contributed by atoms with van der Waals surface area (Å²) in [5.41, 5.74) is 0.868. The third kappa shape index (κ3) is 7.69. The van der Waals surface area contributed by atoms with E-state index in [1.165, 1.54) is 4.90 Å². The molecule has 1 heterocycles. The number of sulfone groups is 1. The first-order valence-electron chi connectivity index (χ1n) is 12.1. The predicted octanol–water partition coefficient (Wildman–Crippen LogP) is 5.72. The number of ether oxygens (including phenoxy) is 1. The van der Waals surface area contributed by atoms with Gasteiger partial charge in [0.1, 0.15) is 12.2 Å². The maximum atomic E-state index is 13.8. The first-order valence-corrected chi connectivity index (χ1v) is 14.7. The van der Waals surface area contributed by atoms with Gasteiger partial charge in [-0.05, 0) is 47.2 Å². The minimum atomic E-state index is -3.56. The highest BCUT2D eigenvalue weighted by molar-refractivity contribution is 7.91. The zero-order valence-corrected chi connectivity index (χ0v) is 23.7. The lowest BCUT2D eigenvalue weighted by atomic mass is 9.89. The lowest BCUT2D eigenvalue weighted by molar-refractivity contribution is -0.182. The predicted molar refractivity (Wildman–Crippen MR) is 145 cm³/mol. The molecule has 1 aliphatic heterocycles. The third-order valence-corrected chi connectivity index (χ3v) is 8.83. The molecular formula is C27H33Cl2NO6S. The lowest BCUT2D eigenvalue weighted by Gasteiger charge is -2.48. The summed E-state index contributed by atoms with van der Waals surface area (Å²) in [6.07, 6.45) is -2.28. The molecule has 37 heavy (non-hydrogen) atoms. The van der Waals surface area contributed by atoms with Gasteiger partial charge in [-0.1, -0.05) is 75.2 Å². The van der Waals surface area contributed by atoms with Crippen LogP contribution in [-0.2, 0) is 24.2 Å². The number of aliphatic carboxylic acids is 1. The minimum Gasteiger partial charge on any atom is -0.481 e. The number of hydrogen-bond acceptors (Lipinski definition) is 5. The molecule has 2 aromatic rings. The molecule has 1 N–H and O–H groups in total. The Bertz CT molecular complexity index is 1230. The highest BCUT2D eigenvalue weighted by Crippen LogP contribution is 2.45. The Balaban J connectivity index is 2.17. The minimum absolute atomic E-state index is 0.0447. The molecule has 0 aliphatic carbocycles. The van der Waals surface area contributed by atoms with Crippen molar-refractivity contribution in [3.05, 3.63) is 69.7 Å². The molecule has 0 aromatic heterocycles. The number of amides is 1. The Morgan fingerprint density at radius 1 is 1.08 bits per heavy atom. The van der Waals surface area contributed by atoms with Gasteiger partial charge in [0.05, 0.1) is 24.0 Å². The first-order chi connectivity index (χ1) is 17.2. The SMILES string of the molecule is CC[C@@H](CS(=O)(=O)CC(C)(C)C)N1C(=O)[C@H](CC(=O)O)O[C@H](c2cccc(Cl)c2)[C@H]1c1ccc(Cl)cc1. The summed E-state index contributed by atoms with van der Waals surface area (Å²) in [6.45, 7) is 7.36. The second-order valence-electron chi connectivity index (χ2n) is 10.6. The molecule has 0 spiro atoms. The van der Waals surface area contributed by atoms with E-state index in [4.69, 9.17) is 27.9 Å². The van der Waals surface area contributed by atoms with Crippen molar-refractivity contribution in [1.82, 2.24) is 4.90 Å². The maximum Gasteiger partial charge on any atom is 0.306 e. The number of carbonyl (C=O) groups is 2. The van der Waals surface area contributed by atoms with Crippen molar-refractivity contribution in [2.75, 3.05) is 11.5 Å². The number of carboxylic acids is 1. The van der Waals surface area contributed by atoms with Crippen molar-refractivity contribution >= 4 is 44.9 Å². The van der Waals surface area contributed by atoms with Crippen LogP contribution in [0.4, 0.5) is 0 Å². The van der Waals surface area contributed by atoms with E-state index in [2.05, 4.69) is 0 Å².